The Hall–Kier alpha value is -1.58. The molecule has 2 atom stereocenters. The zero-order valence-corrected chi connectivity index (χ0v) is 20.8. The smallest absolute Gasteiger partial charge is 0.0600 e. The maximum Gasteiger partial charge on any atom is 0.0600 e. The number of nitrogens with zero attached hydrogens (tertiary/aromatic N) is 1. The van der Waals surface area contributed by atoms with Crippen molar-refractivity contribution >= 4 is 10.9 Å². The van der Waals surface area contributed by atoms with Crippen LogP contribution in [0.2, 0.25) is 0 Å². The molecule has 3 rings (SSSR count). The van der Waals surface area contributed by atoms with E-state index in [2.05, 4.69) is 71.0 Å². The molecule has 0 saturated heterocycles. The zero-order chi connectivity index (χ0) is 21.0. The van der Waals surface area contributed by atoms with E-state index < -0.39 is 0 Å². The summed E-state index contributed by atoms with van der Waals surface area (Å²) in [6.45, 7) is 14.0. The quantitative estimate of drug-likeness (QED) is 0.416. The number of fused-ring (bicyclic) bond motifs is 1. The summed E-state index contributed by atoms with van der Waals surface area (Å²) in [6, 6.07) is 14.2. The van der Waals surface area contributed by atoms with Gasteiger partial charge in [0.25, 0.3) is 0 Å². The van der Waals surface area contributed by atoms with Crippen molar-refractivity contribution in [2.24, 2.45) is 0 Å². The topological polar surface area (TPSA) is 53.4 Å². The second kappa shape index (κ2) is 11.0. The molecule has 0 aliphatic heterocycles. The molecule has 3 nitrogen and oxygen atoms in total. The first-order valence-electron chi connectivity index (χ1n) is 9.82. The first kappa shape index (κ1) is 25.5. The van der Waals surface area contributed by atoms with Gasteiger partial charge in [-0.1, -0.05) is 31.5 Å². The Labute approximate surface area is 188 Å². The molecule has 1 radical (unpaired) electrons. The minimum atomic E-state index is -0.375. The normalized spacial score (nSPS) is 12.6. The Bertz CT molecular complexity index is 959. The third-order valence-electron chi connectivity index (χ3n) is 4.84. The van der Waals surface area contributed by atoms with E-state index in [-0.39, 0.29) is 32.3 Å². The van der Waals surface area contributed by atoms with Crippen molar-refractivity contribution in [2.75, 3.05) is 0 Å². The van der Waals surface area contributed by atoms with Crippen molar-refractivity contribution in [1.82, 2.24) is 4.98 Å². The number of aliphatic hydroxyl groups is 2. The largest absolute Gasteiger partial charge is 0.393 e. The van der Waals surface area contributed by atoms with Gasteiger partial charge in [0.05, 0.1) is 17.7 Å². The third kappa shape index (κ3) is 7.01. The summed E-state index contributed by atoms with van der Waals surface area (Å²) >= 11 is 0. The van der Waals surface area contributed by atoms with Crippen LogP contribution in [-0.4, -0.2) is 27.4 Å². The fourth-order valence-electron chi connectivity index (χ4n) is 3.30. The molecule has 0 aliphatic carbocycles. The molecule has 2 N–H and O–H groups in total. The zero-order valence-electron chi connectivity index (χ0n) is 18.4. The molecule has 1 heterocycles. The summed E-state index contributed by atoms with van der Waals surface area (Å²) in [5, 5.41) is 18.4. The van der Waals surface area contributed by atoms with Gasteiger partial charge < -0.3 is 10.2 Å². The monoisotopic (exact) mass is 571 g/mol. The van der Waals surface area contributed by atoms with Crippen molar-refractivity contribution in [1.29, 1.82) is 0 Å². The minimum absolute atomic E-state index is 0. The van der Waals surface area contributed by atoms with Crippen LogP contribution in [-0.2, 0) is 20.1 Å². The van der Waals surface area contributed by atoms with Crippen LogP contribution in [0.4, 0.5) is 0 Å². The van der Waals surface area contributed by atoms with Crippen LogP contribution in [0, 0.1) is 40.7 Å². The van der Waals surface area contributed by atoms with Crippen LogP contribution >= 0.6 is 0 Å². The number of aliphatic hydroxyl groups excluding tert-OH is 2. The molecule has 2 aromatic carbocycles. The average Bonchev–Trinajstić information content (AvgIpc) is 2.57. The summed E-state index contributed by atoms with van der Waals surface area (Å²) in [5.41, 5.74) is 9.48. The second-order valence-corrected chi connectivity index (χ2v) is 7.95. The fraction of sp³-hybridized carbons (Fsp3) is 0.400. The molecule has 1 aromatic heterocycles. The minimum Gasteiger partial charge on any atom is -0.393 e. The maximum atomic E-state index is 8.56. The molecule has 0 spiro atoms. The van der Waals surface area contributed by atoms with Gasteiger partial charge in [-0.2, -0.15) is 0 Å². The Balaban J connectivity index is 0.000000456. The molecule has 4 heteroatoms. The molecule has 0 fully saturated rings. The Morgan fingerprint density at radius 3 is 1.97 bits per heavy atom. The molecular weight excluding hydrogens is 538 g/mol. The second-order valence-electron chi connectivity index (χ2n) is 7.95. The molecule has 0 saturated carbocycles. The predicted molar refractivity (Wildman–Crippen MR) is 118 cm³/mol. The van der Waals surface area contributed by atoms with Crippen LogP contribution in [0.3, 0.4) is 0 Å². The van der Waals surface area contributed by atoms with Crippen molar-refractivity contribution < 1.29 is 30.3 Å². The Morgan fingerprint density at radius 1 is 0.828 bits per heavy atom. The number of aryl methyl sites for hydroxylation is 5. The number of aromatic nitrogens is 1. The fourth-order valence-corrected chi connectivity index (χ4v) is 3.30. The van der Waals surface area contributed by atoms with Gasteiger partial charge in [0.15, 0.2) is 0 Å². The van der Waals surface area contributed by atoms with Crippen molar-refractivity contribution in [2.45, 2.75) is 67.1 Å². The van der Waals surface area contributed by atoms with E-state index in [0.717, 1.165) is 16.8 Å². The van der Waals surface area contributed by atoms with E-state index >= 15 is 0 Å². The molecule has 2 unspecified atom stereocenters. The molecule has 0 bridgehead atoms. The Kier molecular flexibility index (Phi) is 9.64. The van der Waals surface area contributed by atoms with E-state index in [0.29, 0.717) is 6.42 Å². The van der Waals surface area contributed by atoms with Crippen LogP contribution < -0.4 is 0 Å². The van der Waals surface area contributed by atoms with Crippen LogP contribution in [0.5, 0.6) is 0 Å². The van der Waals surface area contributed by atoms with Gasteiger partial charge >= 0.3 is 0 Å². The molecule has 0 amide bonds. The summed E-state index contributed by atoms with van der Waals surface area (Å²) < 4.78 is 0. The van der Waals surface area contributed by atoms with Crippen molar-refractivity contribution in [3.05, 3.63) is 64.2 Å². The summed E-state index contributed by atoms with van der Waals surface area (Å²) in [7, 11) is 0. The van der Waals surface area contributed by atoms with Crippen molar-refractivity contribution in [3.63, 3.8) is 0 Å². The van der Waals surface area contributed by atoms with Gasteiger partial charge in [-0.15, -0.1) is 34.9 Å². The van der Waals surface area contributed by atoms with Crippen LogP contribution in [0.15, 0.2) is 30.3 Å². The summed E-state index contributed by atoms with van der Waals surface area (Å²) in [4.78, 5) is 4.91. The molecule has 3 aromatic rings. The summed E-state index contributed by atoms with van der Waals surface area (Å²) in [5.74, 6) is 0. The predicted octanol–water partition coefficient (Wildman–Crippen LogP) is 5.38. The number of rotatable bonds is 3. The van der Waals surface area contributed by atoms with Gasteiger partial charge in [0.2, 0.25) is 0 Å². The first-order chi connectivity index (χ1) is 13.1. The van der Waals surface area contributed by atoms with Gasteiger partial charge in [-0.25, -0.2) is 0 Å². The number of hydrogen-bond acceptors (Lipinski definition) is 3. The number of benzene rings is 2. The first-order valence-corrected chi connectivity index (χ1v) is 9.82. The SMILES string of the molecule is CC(O)CC(C)O.Cc1cc(C)c2cc(C)c(-c3[c-]cc(C)c(C)c3)nc2c1.[Ir]. The standard InChI is InChI=1S/C20H20N.C5H12O2.Ir/c1-12-8-15(4)18-11-16(5)20(21-19(18)9-12)17-7-6-13(2)14(3)10-17;1-4(6)3-5(2)7;/h6,8-11H,1-5H3;4-7H,3H2,1-2H3;/q-1;;. The van der Waals surface area contributed by atoms with Gasteiger partial charge in [-0.3, -0.25) is 4.98 Å². The summed E-state index contributed by atoms with van der Waals surface area (Å²) in [6.07, 6.45) is -0.278. The average molecular weight is 571 g/mol. The van der Waals surface area contributed by atoms with E-state index in [1.165, 1.54) is 33.2 Å². The maximum absolute atomic E-state index is 8.56. The molecule has 159 valence electrons. The Morgan fingerprint density at radius 2 is 1.45 bits per heavy atom. The number of hydrogen-bond donors (Lipinski definition) is 2. The third-order valence-corrected chi connectivity index (χ3v) is 4.84. The van der Waals surface area contributed by atoms with Gasteiger partial charge in [0.1, 0.15) is 0 Å². The van der Waals surface area contributed by atoms with Crippen LogP contribution in [0.1, 0.15) is 48.1 Å². The van der Waals surface area contributed by atoms with Gasteiger partial charge in [0, 0.05) is 25.5 Å². The van der Waals surface area contributed by atoms with Gasteiger partial charge in [-0.05, 0) is 63.9 Å². The van der Waals surface area contributed by atoms with Crippen molar-refractivity contribution in [3.8, 4) is 11.3 Å². The van der Waals surface area contributed by atoms with E-state index in [1.54, 1.807) is 13.8 Å². The van der Waals surface area contributed by atoms with E-state index in [4.69, 9.17) is 15.2 Å². The van der Waals surface area contributed by atoms with E-state index in [9.17, 15) is 0 Å². The molecular formula is C25H32IrNO2-. The van der Waals surface area contributed by atoms with Crippen LogP contribution in [0.25, 0.3) is 22.2 Å². The molecule has 0 aliphatic rings. The number of pyridine rings is 1. The van der Waals surface area contributed by atoms with E-state index in [1.807, 2.05) is 0 Å². The molecule has 29 heavy (non-hydrogen) atoms.